The van der Waals surface area contributed by atoms with Gasteiger partial charge in [-0.25, -0.2) is 14.7 Å². The lowest BCUT2D eigenvalue weighted by atomic mass is 9.97. The van der Waals surface area contributed by atoms with E-state index < -0.39 is 15.9 Å². The van der Waals surface area contributed by atoms with Gasteiger partial charge in [-0.15, -0.1) is 0 Å². The number of hydrogen-bond acceptors (Lipinski definition) is 8. The van der Waals surface area contributed by atoms with Crippen molar-refractivity contribution in [2.24, 2.45) is 5.92 Å². The first kappa shape index (κ1) is 26.4. The molecule has 1 amide bonds. The average Bonchev–Trinajstić information content (AvgIpc) is 3.11. The highest BCUT2D eigenvalue weighted by Gasteiger charge is 2.39. The summed E-state index contributed by atoms with van der Waals surface area (Å²) in [6.45, 7) is 11.4. The molecule has 10 heteroatoms. The lowest BCUT2D eigenvalue weighted by Crippen LogP contribution is -2.41. The van der Waals surface area contributed by atoms with Crippen LogP contribution in [0, 0.1) is 12.8 Å². The Hall–Kier alpha value is -3.66. The minimum Gasteiger partial charge on any atom is -0.494 e. The molecule has 0 radical (unpaired) electrons. The van der Waals surface area contributed by atoms with E-state index in [1.807, 2.05) is 38.1 Å². The van der Waals surface area contributed by atoms with Gasteiger partial charge in [0, 0.05) is 17.6 Å². The summed E-state index contributed by atoms with van der Waals surface area (Å²) in [7, 11) is -4.25. The topological polar surface area (TPSA) is 128 Å². The summed E-state index contributed by atoms with van der Waals surface area (Å²) in [4.78, 5) is 24.4. The summed E-state index contributed by atoms with van der Waals surface area (Å²) in [5.74, 6) is 0.847. The monoisotopic (exact) mass is 523 g/mol. The van der Waals surface area contributed by atoms with Crippen LogP contribution >= 0.6 is 0 Å². The van der Waals surface area contributed by atoms with Crippen LogP contribution in [0.15, 0.2) is 53.6 Å². The van der Waals surface area contributed by atoms with Gasteiger partial charge in [-0.05, 0) is 88.1 Å². The van der Waals surface area contributed by atoms with Crippen LogP contribution < -0.4 is 20.1 Å². The smallest absolute Gasteiger partial charge is 0.281 e. The van der Waals surface area contributed by atoms with E-state index in [1.54, 1.807) is 6.07 Å². The van der Waals surface area contributed by atoms with E-state index in [-0.39, 0.29) is 21.9 Å². The van der Waals surface area contributed by atoms with Gasteiger partial charge in [-0.3, -0.25) is 4.79 Å². The van der Waals surface area contributed by atoms with Gasteiger partial charge >= 0.3 is 0 Å². The molecule has 196 valence electrons. The fourth-order valence-electron chi connectivity index (χ4n) is 4.91. The number of aryl methyl sites for hydroxylation is 1. The standard InChI is InChI=1S/C27H33N5O4S/c1-6-36-20-12-10-19(11-13-20)24-18(3)14-21(25(30-24)32-16-17(2)15-27(32,4)5)26(33)31-37(34,35)23-9-7-8-22(28)29-23/h7-14,17H,6,15-16H2,1-5H3,(H2,28,29)(H,31,33). The highest BCUT2D eigenvalue weighted by molar-refractivity contribution is 7.90. The number of nitrogens with zero attached hydrogens (tertiary/aromatic N) is 3. The molecule has 1 saturated heterocycles. The number of carbonyl (C=O) groups excluding carboxylic acids is 1. The number of rotatable bonds is 7. The minimum absolute atomic E-state index is 0.0426. The van der Waals surface area contributed by atoms with Crippen LogP contribution in [-0.4, -0.2) is 43.0 Å². The molecular weight excluding hydrogens is 490 g/mol. The molecular formula is C27H33N5O4S. The summed E-state index contributed by atoms with van der Waals surface area (Å²) in [6.07, 6.45) is 0.910. The van der Waals surface area contributed by atoms with E-state index in [4.69, 9.17) is 15.5 Å². The zero-order chi connectivity index (χ0) is 27.0. The Bertz CT molecular complexity index is 1420. The maximum atomic E-state index is 13.5. The molecule has 1 fully saturated rings. The van der Waals surface area contributed by atoms with Crippen molar-refractivity contribution in [2.75, 3.05) is 23.8 Å². The number of pyridine rings is 2. The molecule has 1 unspecified atom stereocenters. The van der Waals surface area contributed by atoms with E-state index in [1.165, 1.54) is 18.2 Å². The van der Waals surface area contributed by atoms with E-state index in [9.17, 15) is 13.2 Å². The maximum absolute atomic E-state index is 13.5. The van der Waals surface area contributed by atoms with Crippen LogP contribution in [0.4, 0.5) is 11.6 Å². The normalized spacial score (nSPS) is 17.0. The second-order valence-corrected chi connectivity index (χ2v) is 11.7. The third-order valence-corrected chi connectivity index (χ3v) is 7.68. The molecule has 3 N–H and O–H groups in total. The Morgan fingerprint density at radius 3 is 2.49 bits per heavy atom. The van der Waals surface area contributed by atoms with Crippen LogP contribution in [0.5, 0.6) is 5.75 Å². The Morgan fingerprint density at radius 1 is 1.19 bits per heavy atom. The Morgan fingerprint density at radius 2 is 1.89 bits per heavy atom. The highest BCUT2D eigenvalue weighted by Crippen LogP contribution is 2.39. The number of anilines is 2. The zero-order valence-electron chi connectivity index (χ0n) is 21.8. The summed E-state index contributed by atoms with van der Waals surface area (Å²) >= 11 is 0. The predicted octanol–water partition coefficient (Wildman–Crippen LogP) is 4.18. The molecule has 0 saturated carbocycles. The van der Waals surface area contributed by atoms with Crippen LogP contribution in [0.25, 0.3) is 11.3 Å². The molecule has 9 nitrogen and oxygen atoms in total. The predicted molar refractivity (Wildman–Crippen MR) is 144 cm³/mol. The Balaban J connectivity index is 1.79. The van der Waals surface area contributed by atoms with Gasteiger partial charge in [0.2, 0.25) is 0 Å². The van der Waals surface area contributed by atoms with Crippen LogP contribution in [0.3, 0.4) is 0 Å². The number of nitrogens with two attached hydrogens (primary N) is 1. The molecule has 2 aromatic heterocycles. The first-order valence-corrected chi connectivity index (χ1v) is 13.7. The van der Waals surface area contributed by atoms with Gasteiger partial charge in [0.1, 0.15) is 17.4 Å². The number of nitrogens with one attached hydrogen (secondary N) is 1. The SMILES string of the molecule is CCOc1ccc(-c2nc(N3CC(C)CC3(C)C)c(C(=O)NS(=O)(=O)c3cccc(N)n3)cc2C)cc1. The van der Waals surface area contributed by atoms with Gasteiger partial charge in [-0.2, -0.15) is 8.42 Å². The number of hydrogen-bond donors (Lipinski definition) is 2. The molecule has 0 bridgehead atoms. The van der Waals surface area contributed by atoms with Crippen LogP contribution in [0.2, 0.25) is 0 Å². The summed E-state index contributed by atoms with van der Waals surface area (Å²) in [5.41, 5.74) is 7.88. The maximum Gasteiger partial charge on any atom is 0.281 e. The lowest BCUT2D eigenvalue weighted by molar-refractivity contribution is 0.0981. The van der Waals surface area contributed by atoms with Gasteiger partial charge < -0.3 is 15.4 Å². The average molecular weight is 524 g/mol. The Kier molecular flexibility index (Phi) is 7.14. The van der Waals surface area contributed by atoms with Crippen molar-refractivity contribution in [1.82, 2.24) is 14.7 Å². The number of carbonyl (C=O) groups is 1. The molecule has 3 aromatic rings. The highest BCUT2D eigenvalue weighted by atomic mass is 32.2. The van der Waals surface area contributed by atoms with E-state index >= 15 is 0 Å². The third-order valence-electron chi connectivity index (χ3n) is 6.45. The van der Waals surface area contributed by atoms with E-state index in [0.717, 1.165) is 23.3 Å². The summed E-state index contributed by atoms with van der Waals surface area (Å²) in [5, 5.41) is -0.326. The van der Waals surface area contributed by atoms with Crippen molar-refractivity contribution < 1.29 is 17.9 Å². The molecule has 37 heavy (non-hydrogen) atoms. The minimum atomic E-state index is -4.25. The fraction of sp³-hybridized carbons (Fsp3) is 0.370. The molecule has 1 aromatic carbocycles. The summed E-state index contributed by atoms with van der Waals surface area (Å²) in [6, 6.07) is 13.6. The molecule has 0 spiro atoms. The number of benzene rings is 1. The number of amides is 1. The largest absolute Gasteiger partial charge is 0.494 e. The molecule has 1 aliphatic heterocycles. The molecule has 1 aliphatic rings. The van der Waals surface area contributed by atoms with Crippen molar-refractivity contribution in [3.05, 3.63) is 59.7 Å². The second-order valence-electron chi connectivity index (χ2n) is 10.1. The van der Waals surface area contributed by atoms with Crippen molar-refractivity contribution in [3.63, 3.8) is 0 Å². The van der Waals surface area contributed by atoms with Crippen molar-refractivity contribution in [3.8, 4) is 17.0 Å². The number of nitrogen functional groups attached to an aromatic ring is 1. The number of sulfonamides is 1. The molecule has 0 aliphatic carbocycles. The third kappa shape index (κ3) is 5.53. The van der Waals surface area contributed by atoms with Crippen LogP contribution in [-0.2, 0) is 10.0 Å². The summed E-state index contributed by atoms with van der Waals surface area (Å²) < 4.78 is 33.6. The lowest BCUT2D eigenvalue weighted by Gasteiger charge is -2.34. The quantitative estimate of drug-likeness (QED) is 0.472. The van der Waals surface area contributed by atoms with Gasteiger partial charge in [-0.1, -0.05) is 13.0 Å². The first-order valence-electron chi connectivity index (χ1n) is 12.2. The van der Waals surface area contributed by atoms with Crippen molar-refractivity contribution in [2.45, 2.75) is 51.6 Å². The van der Waals surface area contributed by atoms with E-state index in [0.29, 0.717) is 30.6 Å². The first-order chi connectivity index (χ1) is 17.4. The van der Waals surface area contributed by atoms with Crippen molar-refractivity contribution >= 4 is 27.6 Å². The van der Waals surface area contributed by atoms with Crippen molar-refractivity contribution in [1.29, 1.82) is 0 Å². The van der Waals surface area contributed by atoms with Gasteiger partial charge in [0.05, 0.1) is 17.9 Å². The van der Waals surface area contributed by atoms with E-state index in [2.05, 4.69) is 35.4 Å². The van der Waals surface area contributed by atoms with Gasteiger partial charge in [0.25, 0.3) is 15.9 Å². The van der Waals surface area contributed by atoms with Gasteiger partial charge in [0.15, 0.2) is 5.03 Å². The molecule has 3 heterocycles. The Labute approximate surface area is 218 Å². The molecule has 4 rings (SSSR count). The molecule has 1 atom stereocenters. The fourth-order valence-corrected chi connectivity index (χ4v) is 5.86. The second kappa shape index (κ2) is 10.0. The number of aromatic nitrogens is 2. The number of ether oxygens (including phenoxy) is 1. The van der Waals surface area contributed by atoms with Crippen LogP contribution in [0.1, 0.15) is 50.0 Å². The zero-order valence-corrected chi connectivity index (χ0v) is 22.6.